The number of benzene rings is 1. The Morgan fingerprint density at radius 3 is 2.57 bits per heavy atom. The number of carbonyl (C=O) groups excluding carboxylic acids is 1. The number of β-amino-alcohol motifs (C(OH)–C–C–N with tert-alkyl or cyclic N) is 1. The number of aliphatic hydroxyl groups excluding tert-OH is 1. The number of nitrogens with one attached hydrogen (secondary N) is 1. The van der Waals surface area contributed by atoms with Gasteiger partial charge in [-0.3, -0.25) is 4.90 Å². The lowest BCUT2D eigenvalue weighted by atomic mass is 9.98. The van der Waals surface area contributed by atoms with Gasteiger partial charge in [0.2, 0.25) is 0 Å². The van der Waals surface area contributed by atoms with E-state index in [0.29, 0.717) is 13.0 Å². The summed E-state index contributed by atoms with van der Waals surface area (Å²) in [6, 6.07) is 10.2. The molecule has 0 spiro atoms. The highest BCUT2D eigenvalue weighted by Gasteiger charge is 2.32. The van der Waals surface area contributed by atoms with E-state index in [9.17, 15) is 9.90 Å². The number of carbonyl (C=O) groups is 1. The molecule has 1 aliphatic rings. The molecule has 1 amide bonds. The van der Waals surface area contributed by atoms with Crippen LogP contribution in [0.25, 0.3) is 0 Å². The van der Waals surface area contributed by atoms with Crippen LogP contribution in [0.15, 0.2) is 30.3 Å². The molecule has 2 N–H and O–H groups in total. The number of likely N-dealkylation sites (tertiary alicyclic amines) is 1. The summed E-state index contributed by atoms with van der Waals surface area (Å²) in [6.07, 6.45) is -0.356. The van der Waals surface area contributed by atoms with Crippen LogP contribution >= 0.6 is 0 Å². The van der Waals surface area contributed by atoms with Crippen molar-refractivity contribution in [3.63, 3.8) is 0 Å². The molecule has 0 bridgehead atoms. The molecule has 3 atom stereocenters. The van der Waals surface area contributed by atoms with E-state index in [1.165, 1.54) is 5.56 Å². The third-order valence-corrected chi connectivity index (χ3v) is 4.15. The highest BCUT2D eigenvalue weighted by molar-refractivity contribution is 5.68. The van der Waals surface area contributed by atoms with Crippen molar-refractivity contribution >= 4 is 6.09 Å². The van der Waals surface area contributed by atoms with Gasteiger partial charge in [0.05, 0.1) is 12.1 Å². The molecular weight excluding hydrogens is 292 g/mol. The molecule has 1 aliphatic heterocycles. The largest absolute Gasteiger partial charge is 0.444 e. The topological polar surface area (TPSA) is 61.8 Å². The van der Waals surface area contributed by atoms with Crippen molar-refractivity contribution in [2.45, 2.75) is 57.9 Å². The minimum absolute atomic E-state index is 0.244. The fraction of sp³-hybridized carbons (Fsp3) is 0.611. The Morgan fingerprint density at radius 2 is 2.00 bits per heavy atom. The smallest absolute Gasteiger partial charge is 0.407 e. The van der Waals surface area contributed by atoms with Gasteiger partial charge in [0.1, 0.15) is 5.60 Å². The zero-order valence-electron chi connectivity index (χ0n) is 14.5. The molecule has 1 aromatic rings. The Hall–Kier alpha value is -1.59. The number of ether oxygens (including phenoxy) is 1. The Morgan fingerprint density at radius 1 is 1.35 bits per heavy atom. The van der Waals surface area contributed by atoms with Crippen molar-refractivity contribution in [3.05, 3.63) is 35.9 Å². The summed E-state index contributed by atoms with van der Waals surface area (Å²) in [4.78, 5) is 14.1. The lowest BCUT2D eigenvalue weighted by molar-refractivity contribution is 0.0105. The molecule has 0 radical (unpaired) electrons. The van der Waals surface area contributed by atoms with E-state index in [2.05, 4.69) is 29.3 Å². The Kier molecular flexibility index (Phi) is 5.65. The number of aliphatic hydroxyl groups is 1. The second-order valence-corrected chi connectivity index (χ2v) is 7.19. The van der Waals surface area contributed by atoms with Gasteiger partial charge in [-0.15, -0.1) is 0 Å². The summed E-state index contributed by atoms with van der Waals surface area (Å²) in [6.45, 7) is 8.99. The summed E-state index contributed by atoms with van der Waals surface area (Å²) in [5.74, 6) is 0. The first-order chi connectivity index (χ1) is 10.8. The van der Waals surface area contributed by atoms with Crippen LogP contribution in [-0.4, -0.2) is 46.9 Å². The summed E-state index contributed by atoms with van der Waals surface area (Å²) in [5, 5.41) is 13.2. The van der Waals surface area contributed by atoms with E-state index in [1.54, 1.807) is 0 Å². The van der Waals surface area contributed by atoms with Gasteiger partial charge in [0.15, 0.2) is 0 Å². The maximum absolute atomic E-state index is 11.9. The van der Waals surface area contributed by atoms with Crippen LogP contribution in [0.2, 0.25) is 0 Å². The predicted octanol–water partition coefficient (Wildman–Crippen LogP) is 2.71. The van der Waals surface area contributed by atoms with Crippen LogP contribution < -0.4 is 5.32 Å². The molecule has 1 saturated heterocycles. The summed E-state index contributed by atoms with van der Waals surface area (Å²) in [5.41, 5.74) is 0.704. The van der Waals surface area contributed by atoms with Crippen LogP contribution in [0.4, 0.5) is 4.79 Å². The second kappa shape index (κ2) is 7.32. The van der Waals surface area contributed by atoms with Gasteiger partial charge < -0.3 is 15.2 Å². The fourth-order valence-electron chi connectivity index (χ4n) is 2.88. The molecule has 1 aromatic carbocycles. The van der Waals surface area contributed by atoms with E-state index in [0.717, 1.165) is 6.54 Å². The third-order valence-electron chi connectivity index (χ3n) is 4.15. The standard InChI is InChI=1S/C18H28N2O3/c1-13(14-8-6-5-7-9-14)20-11-10-15(16(21)12-20)19-17(22)23-18(2,3)4/h5-9,13,15-16,21H,10-12H2,1-4H3,(H,19,22)/t13?,15-,16-/m1/s1. The highest BCUT2D eigenvalue weighted by atomic mass is 16.6. The molecule has 2 rings (SSSR count). The number of piperidine rings is 1. The summed E-state index contributed by atoms with van der Waals surface area (Å²) in [7, 11) is 0. The van der Waals surface area contributed by atoms with E-state index < -0.39 is 17.8 Å². The third kappa shape index (κ3) is 5.22. The molecule has 1 unspecified atom stereocenters. The molecule has 5 nitrogen and oxygen atoms in total. The number of hydrogen-bond donors (Lipinski definition) is 2. The van der Waals surface area contributed by atoms with Gasteiger partial charge in [-0.25, -0.2) is 4.79 Å². The maximum atomic E-state index is 11.9. The molecular formula is C18H28N2O3. The molecule has 0 saturated carbocycles. The Bertz CT molecular complexity index is 513. The first-order valence-electron chi connectivity index (χ1n) is 8.23. The second-order valence-electron chi connectivity index (χ2n) is 7.19. The quantitative estimate of drug-likeness (QED) is 0.899. The SMILES string of the molecule is CC(c1ccccc1)N1CC[C@@H](NC(=O)OC(C)(C)C)[C@H](O)C1. The Balaban J connectivity index is 1.88. The van der Waals surface area contributed by atoms with Crippen LogP contribution in [-0.2, 0) is 4.74 Å². The lowest BCUT2D eigenvalue weighted by Gasteiger charge is -2.39. The first kappa shape index (κ1) is 17.8. The number of amides is 1. The van der Waals surface area contributed by atoms with Crippen molar-refractivity contribution in [3.8, 4) is 0 Å². The van der Waals surface area contributed by atoms with E-state index >= 15 is 0 Å². The van der Waals surface area contributed by atoms with E-state index in [1.807, 2.05) is 39.0 Å². The average Bonchev–Trinajstić information content (AvgIpc) is 2.47. The van der Waals surface area contributed by atoms with Gasteiger partial charge in [-0.2, -0.15) is 0 Å². The molecule has 128 valence electrons. The van der Waals surface area contributed by atoms with Gasteiger partial charge in [0, 0.05) is 19.1 Å². The van der Waals surface area contributed by atoms with Gasteiger partial charge in [-0.05, 0) is 39.7 Å². The molecule has 5 heteroatoms. The Labute approximate surface area is 138 Å². The van der Waals surface area contributed by atoms with Gasteiger partial charge >= 0.3 is 6.09 Å². The first-order valence-corrected chi connectivity index (χ1v) is 8.23. The molecule has 0 aromatic heterocycles. The minimum atomic E-state index is -0.595. The van der Waals surface area contributed by atoms with E-state index in [4.69, 9.17) is 4.74 Å². The summed E-state index contributed by atoms with van der Waals surface area (Å²) >= 11 is 0. The van der Waals surface area contributed by atoms with Crippen molar-refractivity contribution in [2.24, 2.45) is 0 Å². The zero-order chi connectivity index (χ0) is 17.0. The molecule has 0 aliphatic carbocycles. The fourth-order valence-corrected chi connectivity index (χ4v) is 2.88. The summed E-state index contributed by atoms with van der Waals surface area (Å²) < 4.78 is 5.26. The molecule has 1 fully saturated rings. The van der Waals surface area contributed by atoms with Gasteiger partial charge in [-0.1, -0.05) is 30.3 Å². The van der Waals surface area contributed by atoms with Gasteiger partial charge in [0.25, 0.3) is 0 Å². The maximum Gasteiger partial charge on any atom is 0.407 e. The molecule has 23 heavy (non-hydrogen) atoms. The van der Waals surface area contributed by atoms with Crippen molar-refractivity contribution in [2.75, 3.05) is 13.1 Å². The normalized spacial score (nSPS) is 24.0. The van der Waals surface area contributed by atoms with Crippen molar-refractivity contribution < 1.29 is 14.6 Å². The van der Waals surface area contributed by atoms with Crippen molar-refractivity contribution in [1.82, 2.24) is 10.2 Å². The number of nitrogens with zero attached hydrogens (tertiary/aromatic N) is 1. The minimum Gasteiger partial charge on any atom is -0.444 e. The van der Waals surface area contributed by atoms with Crippen molar-refractivity contribution in [1.29, 1.82) is 0 Å². The van der Waals surface area contributed by atoms with Crippen LogP contribution in [0.5, 0.6) is 0 Å². The highest BCUT2D eigenvalue weighted by Crippen LogP contribution is 2.24. The monoisotopic (exact) mass is 320 g/mol. The predicted molar refractivity (Wildman–Crippen MR) is 90.2 cm³/mol. The molecule has 1 heterocycles. The lowest BCUT2D eigenvalue weighted by Crippen LogP contribution is -2.55. The van der Waals surface area contributed by atoms with Crippen LogP contribution in [0.1, 0.15) is 45.7 Å². The van der Waals surface area contributed by atoms with E-state index in [-0.39, 0.29) is 12.1 Å². The average molecular weight is 320 g/mol. The van der Waals surface area contributed by atoms with Crippen LogP contribution in [0, 0.1) is 0 Å². The zero-order valence-corrected chi connectivity index (χ0v) is 14.5. The number of alkyl carbamates (subject to hydrolysis) is 1. The van der Waals surface area contributed by atoms with Crippen LogP contribution in [0.3, 0.4) is 0 Å². The number of rotatable bonds is 3. The number of hydrogen-bond acceptors (Lipinski definition) is 4.